The number of benzene rings is 1. The van der Waals surface area contributed by atoms with Crippen LogP contribution in [0.3, 0.4) is 0 Å². The quantitative estimate of drug-likeness (QED) is 0.471. The number of methoxy groups -OCH3 is 2. The average molecular weight is 307 g/mol. The molecule has 8 nitrogen and oxygen atoms in total. The van der Waals surface area contributed by atoms with Crippen molar-refractivity contribution in [1.29, 1.82) is 0 Å². The van der Waals surface area contributed by atoms with Gasteiger partial charge in [0.25, 0.3) is 0 Å². The zero-order valence-electron chi connectivity index (χ0n) is 11.6. The van der Waals surface area contributed by atoms with Crippen molar-refractivity contribution in [3.05, 3.63) is 51.6 Å². The number of ether oxygens (including phenoxy) is 2. The van der Waals surface area contributed by atoms with E-state index in [0.29, 0.717) is 0 Å². The number of nitro groups is 1. The lowest BCUT2D eigenvalue weighted by atomic mass is 10.1. The Morgan fingerprint density at radius 2 is 1.82 bits per heavy atom. The van der Waals surface area contributed by atoms with Crippen LogP contribution >= 0.6 is 0 Å². The fourth-order valence-electron chi connectivity index (χ4n) is 1.72. The summed E-state index contributed by atoms with van der Waals surface area (Å²) in [4.78, 5) is 29.9. The van der Waals surface area contributed by atoms with Crippen LogP contribution in [-0.2, 0) is 0 Å². The van der Waals surface area contributed by atoms with E-state index in [9.17, 15) is 19.3 Å². The van der Waals surface area contributed by atoms with Crippen LogP contribution in [0.4, 0.5) is 10.1 Å². The van der Waals surface area contributed by atoms with Gasteiger partial charge in [0.2, 0.25) is 29.2 Å². The molecule has 0 amide bonds. The van der Waals surface area contributed by atoms with Crippen molar-refractivity contribution < 1.29 is 23.6 Å². The van der Waals surface area contributed by atoms with E-state index in [1.165, 1.54) is 26.4 Å². The van der Waals surface area contributed by atoms with E-state index in [-0.39, 0.29) is 11.8 Å². The molecule has 0 radical (unpaired) electrons. The molecule has 1 heterocycles. The molecule has 114 valence electrons. The van der Waals surface area contributed by atoms with Gasteiger partial charge in [0.15, 0.2) is 0 Å². The first kappa shape index (κ1) is 15.3. The van der Waals surface area contributed by atoms with E-state index >= 15 is 0 Å². The summed E-state index contributed by atoms with van der Waals surface area (Å²) in [6.45, 7) is 0. The molecular weight excluding hydrogens is 297 g/mol. The first-order valence-electron chi connectivity index (χ1n) is 5.92. The lowest BCUT2D eigenvalue weighted by Gasteiger charge is -2.06. The number of halogens is 1. The number of carbonyl (C=O) groups excluding carboxylic acids is 1. The maximum absolute atomic E-state index is 13.6. The topological polar surface area (TPSA) is 104 Å². The molecule has 0 bridgehead atoms. The zero-order valence-corrected chi connectivity index (χ0v) is 11.6. The van der Waals surface area contributed by atoms with Crippen LogP contribution < -0.4 is 9.47 Å². The Labute approximate surface area is 123 Å². The Morgan fingerprint density at radius 3 is 2.32 bits per heavy atom. The van der Waals surface area contributed by atoms with Gasteiger partial charge in [0.05, 0.1) is 25.2 Å². The van der Waals surface area contributed by atoms with E-state index < -0.39 is 33.6 Å². The zero-order chi connectivity index (χ0) is 16.3. The predicted octanol–water partition coefficient (Wildman–Crippen LogP) is 1.77. The standard InChI is InChI=1S/C13H10FN3O5/c1-21-9-6-10(22-2)16-13(15-9)12(18)7-4-3-5-8(14)11(7)17(19)20/h3-6H,1-2H3. The fourth-order valence-corrected chi connectivity index (χ4v) is 1.72. The number of carbonyl (C=O) groups is 1. The number of nitrogens with zero attached hydrogens (tertiary/aromatic N) is 3. The first-order chi connectivity index (χ1) is 10.5. The number of rotatable bonds is 5. The van der Waals surface area contributed by atoms with Crippen molar-refractivity contribution in [3.8, 4) is 11.8 Å². The summed E-state index contributed by atoms with van der Waals surface area (Å²) in [6, 6.07) is 4.53. The molecule has 0 aliphatic rings. The maximum Gasteiger partial charge on any atom is 0.316 e. The van der Waals surface area contributed by atoms with Gasteiger partial charge >= 0.3 is 5.69 Å². The fraction of sp³-hybridized carbons (Fsp3) is 0.154. The molecule has 1 aromatic carbocycles. The molecule has 0 spiro atoms. The minimum absolute atomic E-state index is 0.0363. The third-order valence-corrected chi connectivity index (χ3v) is 2.71. The van der Waals surface area contributed by atoms with Gasteiger partial charge in [-0.25, -0.2) is 0 Å². The second-order valence-electron chi connectivity index (χ2n) is 4.00. The Morgan fingerprint density at radius 1 is 1.23 bits per heavy atom. The summed E-state index contributed by atoms with van der Waals surface area (Å²) in [7, 11) is 2.64. The van der Waals surface area contributed by atoms with Crippen LogP contribution in [0, 0.1) is 15.9 Å². The molecule has 22 heavy (non-hydrogen) atoms. The molecule has 9 heteroatoms. The molecule has 0 saturated carbocycles. The molecule has 0 fully saturated rings. The number of aromatic nitrogens is 2. The van der Waals surface area contributed by atoms with Crippen LogP contribution in [0.5, 0.6) is 11.8 Å². The SMILES string of the molecule is COc1cc(OC)nc(C(=O)c2cccc(F)c2[N+](=O)[O-])n1. The second kappa shape index (κ2) is 6.12. The molecule has 2 aromatic rings. The minimum atomic E-state index is -1.12. The monoisotopic (exact) mass is 307 g/mol. The van der Waals surface area contributed by atoms with E-state index in [0.717, 1.165) is 12.1 Å². The number of nitro benzene ring substituents is 1. The van der Waals surface area contributed by atoms with E-state index in [2.05, 4.69) is 9.97 Å². The van der Waals surface area contributed by atoms with E-state index in [1.54, 1.807) is 0 Å². The average Bonchev–Trinajstić information content (AvgIpc) is 2.52. The van der Waals surface area contributed by atoms with Gasteiger partial charge in [0, 0.05) is 0 Å². The number of hydrogen-bond donors (Lipinski definition) is 0. The summed E-state index contributed by atoms with van der Waals surface area (Å²) in [5, 5.41) is 10.9. The number of ketones is 1. The normalized spacial score (nSPS) is 10.1. The highest BCUT2D eigenvalue weighted by Gasteiger charge is 2.27. The van der Waals surface area contributed by atoms with Gasteiger partial charge in [-0.2, -0.15) is 14.4 Å². The van der Waals surface area contributed by atoms with Gasteiger partial charge < -0.3 is 9.47 Å². The van der Waals surface area contributed by atoms with Crippen molar-refractivity contribution in [2.24, 2.45) is 0 Å². The molecule has 1 aromatic heterocycles. The van der Waals surface area contributed by atoms with Gasteiger partial charge in [-0.1, -0.05) is 6.07 Å². The lowest BCUT2D eigenvalue weighted by Crippen LogP contribution is -2.12. The van der Waals surface area contributed by atoms with Crippen LogP contribution in [0.1, 0.15) is 16.2 Å². The third kappa shape index (κ3) is 2.82. The van der Waals surface area contributed by atoms with Crippen LogP contribution in [0.2, 0.25) is 0 Å². The molecule has 0 unspecified atom stereocenters. The second-order valence-corrected chi connectivity index (χ2v) is 4.00. The number of para-hydroxylation sites is 1. The summed E-state index contributed by atoms with van der Waals surface area (Å²) < 4.78 is 23.4. The Hall–Kier alpha value is -3.10. The molecule has 2 rings (SSSR count). The van der Waals surface area contributed by atoms with E-state index in [1.807, 2.05) is 0 Å². The van der Waals surface area contributed by atoms with Crippen molar-refractivity contribution >= 4 is 11.5 Å². The smallest absolute Gasteiger partial charge is 0.316 e. The number of hydrogen-bond acceptors (Lipinski definition) is 7. The molecule has 0 N–H and O–H groups in total. The van der Waals surface area contributed by atoms with Crippen molar-refractivity contribution in [1.82, 2.24) is 9.97 Å². The summed E-state index contributed by atoms with van der Waals surface area (Å²) in [5.74, 6) is -2.36. The third-order valence-electron chi connectivity index (χ3n) is 2.71. The Balaban J connectivity index is 2.58. The molecule has 0 aliphatic heterocycles. The first-order valence-corrected chi connectivity index (χ1v) is 5.92. The van der Waals surface area contributed by atoms with Crippen molar-refractivity contribution in [2.75, 3.05) is 14.2 Å². The summed E-state index contributed by atoms with van der Waals surface area (Å²) >= 11 is 0. The minimum Gasteiger partial charge on any atom is -0.481 e. The predicted molar refractivity (Wildman–Crippen MR) is 71.6 cm³/mol. The highest BCUT2D eigenvalue weighted by atomic mass is 19.1. The highest BCUT2D eigenvalue weighted by Crippen LogP contribution is 2.25. The summed E-state index contributed by atoms with van der Waals surface area (Å²) in [6.07, 6.45) is 0. The molecule has 0 atom stereocenters. The van der Waals surface area contributed by atoms with Gasteiger partial charge in [-0.05, 0) is 12.1 Å². The van der Waals surface area contributed by atoms with Gasteiger partial charge in [-0.15, -0.1) is 0 Å². The van der Waals surface area contributed by atoms with Crippen molar-refractivity contribution in [2.45, 2.75) is 0 Å². The van der Waals surface area contributed by atoms with Gasteiger partial charge in [-0.3, -0.25) is 14.9 Å². The molecule has 0 saturated heterocycles. The Kier molecular flexibility index (Phi) is 4.25. The summed E-state index contributed by atoms with van der Waals surface area (Å²) in [5.41, 5.74) is -1.39. The van der Waals surface area contributed by atoms with Crippen LogP contribution in [0.25, 0.3) is 0 Å². The molecule has 0 aliphatic carbocycles. The van der Waals surface area contributed by atoms with E-state index in [4.69, 9.17) is 9.47 Å². The van der Waals surface area contributed by atoms with Crippen LogP contribution in [0.15, 0.2) is 24.3 Å². The highest BCUT2D eigenvalue weighted by molar-refractivity contribution is 6.09. The Bertz CT molecular complexity index is 728. The maximum atomic E-state index is 13.6. The van der Waals surface area contributed by atoms with Crippen molar-refractivity contribution in [3.63, 3.8) is 0 Å². The van der Waals surface area contributed by atoms with Crippen LogP contribution in [-0.4, -0.2) is 34.9 Å². The largest absolute Gasteiger partial charge is 0.481 e. The lowest BCUT2D eigenvalue weighted by molar-refractivity contribution is -0.387. The molecular formula is C13H10FN3O5. The van der Waals surface area contributed by atoms with Gasteiger partial charge in [0.1, 0.15) is 5.56 Å².